The van der Waals surface area contributed by atoms with Gasteiger partial charge in [0.2, 0.25) is 0 Å². The van der Waals surface area contributed by atoms with Gasteiger partial charge in [0, 0.05) is 12.6 Å². The van der Waals surface area contributed by atoms with E-state index in [-0.39, 0.29) is 18.1 Å². The second kappa shape index (κ2) is 5.33. The van der Waals surface area contributed by atoms with E-state index in [0.717, 1.165) is 13.0 Å². The fourth-order valence-corrected chi connectivity index (χ4v) is 2.42. The summed E-state index contributed by atoms with van der Waals surface area (Å²) in [5.41, 5.74) is 0.838. The largest absolute Gasteiger partial charge is 0.459 e. The molecule has 1 aromatic rings. The first-order chi connectivity index (χ1) is 8.88. The summed E-state index contributed by atoms with van der Waals surface area (Å²) in [7, 11) is 0. The van der Waals surface area contributed by atoms with Crippen LogP contribution in [0.5, 0.6) is 0 Å². The predicted molar refractivity (Wildman–Crippen MR) is 75.8 cm³/mol. The lowest BCUT2D eigenvalue weighted by Crippen LogP contribution is -2.54. The van der Waals surface area contributed by atoms with Gasteiger partial charge >= 0.3 is 5.97 Å². The average molecular weight is 261 g/mol. The highest BCUT2D eigenvalue weighted by Gasteiger charge is 2.39. The molecule has 0 N–H and O–H groups in total. The number of benzene rings is 1. The number of carbonyl (C=O) groups excluding carboxylic acids is 1. The SMILES string of the molecule is C[C@@H](c1ccccc1)N1CC[C@@H]1C(=O)OC(C)(C)C. The third-order valence-electron chi connectivity index (χ3n) is 3.52. The van der Waals surface area contributed by atoms with Crippen molar-refractivity contribution in [3.05, 3.63) is 35.9 Å². The fraction of sp³-hybridized carbons (Fsp3) is 0.562. The molecule has 3 heteroatoms. The number of ether oxygens (including phenoxy) is 1. The number of rotatable bonds is 3. The Morgan fingerprint density at radius 3 is 2.42 bits per heavy atom. The molecular formula is C16H23NO2. The van der Waals surface area contributed by atoms with Crippen LogP contribution in [0.3, 0.4) is 0 Å². The fourth-order valence-electron chi connectivity index (χ4n) is 2.42. The molecule has 0 aromatic heterocycles. The van der Waals surface area contributed by atoms with Crippen LogP contribution in [0.15, 0.2) is 30.3 Å². The third-order valence-corrected chi connectivity index (χ3v) is 3.52. The van der Waals surface area contributed by atoms with Gasteiger partial charge in [-0.2, -0.15) is 0 Å². The van der Waals surface area contributed by atoms with Crippen molar-refractivity contribution in [1.82, 2.24) is 4.90 Å². The van der Waals surface area contributed by atoms with Crippen molar-refractivity contribution in [2.75, 3.05) is 6.54 Å². The Morgan fingerprint density at radius 2 is 1.95 bits per heavy atom. The number of nitrogens with zero attached hydrogens (tertiary/aromatic N) is 1. The quantitative estimate of drug-likeness (QED) is 0.783. The minimum atomic E-state index is -0.408. The first-order valence-corrected chi connectivity index (χ1v) is 6.92. The van der Waals surface area contributed by atoms with E-state index in [9.17, 15) is 4.79 Å². The van der Waals surface area contributed by atoms with Gasteiger partial charge in [-0.1, -0.05) is 30.3 Å². The highest BCUT2D eigenvalue weighted by atomic mass is 16.6. The summed E-state index contributed by atoms with van der Waals surface area (Å²) < 4.78 is 5.48. The van der Waals surface area contributed by atoms with E-state index >= 15 is 0 Å². The van der Waals surface area contributed by atoms with E-state index in [1.807, 2.05) is 39.0 Å². The molecule has 19 heavy (non-hydrogen) atoms. The lowest BCUT2D eigenvalue weighted by atomic mass is 9.96. The number of carbonyl (C=O) groups is 1. The van der Waals surface area contributed by atoms with Gasteiger partial charge in [-0.3, -0.25) is 9.69 Å². The Kier molecular flexibility index (Phi) is 3.95. The Hall–Kier alpha value is -1.35. The topological polar surface area (TPSA) is 29.5 Å². The molecule has 0 radical (unpaired) electrons. The maximum Gasteiger partial charge on any atom is 0.323 e. The van der Waals surface area contributed by atoms with E-state index < -0.39 is 5.60 Å². The molecule has 1 heterocycles. The number of hydrogen-bond acceptors (Lipinski definition) is 3. The molecular weight excluding hydrogens is 238 g/mol. The molecule has 1 fully saturated rings. The van der Waals surface area contributed by atoms with Crippen LogP contribution in [0.2, 0.25) is 0 Å². The van der Waals surface area contributed by atoms with Gasteiger partial charge in [-0.05, 0) is 39.7 Å². The van der Waals surface area contributed by atoms with E-state index in [2.05, 4.69) is 24.0 Å². The molecule has 1 aliphatic rings. The van der Waals surface area contributed by atoms with Crippen LogP contribution in [0.25, 0.3) is 0 Å². The highest BCUT2D eigenvalue weighted by molar-refractivity contribution is 5.77. The minimum absolute atomic E-state index is 0.0885. The molecule has 1 aliphatic heterocycles. The van der Waals surface area contributed by atoms with Crippen molar-refractivity contribution in [3.8, 4) is 0 Å². The van der Waals surface area contributed by atoms with E-state index in [1.54, 1.807) is 0 Å². The molecule has 1 aromatic carbocycles. The van der Waals surface area contributed by atoms with Crippen molar-refractivity contribution in [3.63, 3.8) is 0 Å². The molecule has 1 saturated heterocycles. The molecule has 2 rings (SSSR count). The summed E-state index contributed by atoms with van der Waals surface area (Å²) in [6.45, 7) is 8.84. The van der Waals surface area contributed by atoms with E-state index in [0.29, 0.717) is 0 Å². The maximum absolute atomic E-state index is 12.1. The van der Waals surface area contributed by atoms with Crippen LogP contribution in [0.1, 0.15) is 45.7 Å². The zero-order chi connectivity index (χ0) is 14.0. The monoisotopic (exact) mass is 261 g/mol. The summed E-state index contributed by atoms with van der Waals surface area (Å²) in [5, 5.41) is 0. The molecule has 2 atom stereocenters. The first kappa shape index (κ1) is 14.1. The molecule has 3 nitrogen and oxygen atoms in total. The third kappa shape index (κ3) is 3.35. The van der Waals surface area contributed by atoms with Crippen LogP contribution >= 0.6 is 0 Å². The molecule has 104 valence electrons. The zero-order valence-electron chi connectivity index (χ0n) is 12.2. The second-order valence-electron chi connectivity index (χ2n) is 6.16. The summed E-state index contributed by atoms with van der Waals surface area (Å²) >= 11 is 0. The Bertz CT molecular complexity index is 436. The number of hydrogen-bond donors (Lipinski definition) is 0. The van der Waals surface area contributed by atoms with Gasteiger partial charge in [0.15, 0.2) is 0 Å². The normalized spacial score (nSPS) is 21.6. The van der Waals surface area contributed by atoms with Crippen molar-refractivity contribution in [1.29, 1.82) is 0 Å². The molecule has 0 saturated carbocycles. The van der Waals surface area contributed by atoms with Gasteiger partial charge in [-0.15, -0.1) is 0 Å². The lowest BCUT2D eigenvalue weighted by Gasteiger charge is -2.44. The van der Waals surface area contributed by atoms with E-state index in [4.69, 9.17) is 4.74 Å². The standard InChI is InChI=1S/C16H23NO2/c1-12(13-8-6-5-7-9-13)17-11-10-14(17)15(18)19-16(2,3)4/h5-9,12,14H,10-11H2,1-4H3/t12-,14+/m0/s1. The van der Waals surface area contributed by atoms with Crippen molar-refractivity contribution in [2.45, 2.75) is 51.8 Å². The summed E-state index contributed by atoms with van der Waals surface area (Å²) in [4.78, 5) is 14.3. The van der Waals surface area contributed by atoms with Gasteiger partial charge in [-0.25, -0.2) is 0 Å². The molecule has 0 bridgehead atoms. The van der Waals surface area contributed by atoms with Gasteiger partial charge < -0.3 is 4.74 Å². The van der Waals surface area contributed by atoms with Crippen molar-refractivity contribution in [2.24, 2.45) is 0 Å². The maximum atomic E-state index is 12.1. The van der Waals surface area contributed by atoms with Gasteiger partial charge in [0.05, 0.1) is 0 Å². The van der Waals surface area contributed by atoms with Crippen LogP contribution in [-0.4, -0.2) is 29.1 Å². The number of esters is 1. The molecule has 0 spiro atoms. The molecule has 0 unspecified atom stereocenters. The van der Waals surface area contributed by atoms with Gasteiger partial charge in [0.25, 0.3) is 0 Å². The first-order valence-electron chi connectivity index (χ1n) is 6.92. The Balaban J connectivity index is 2.01. The smallest absolute Gasteiger partial charge is 0.323 e. The summed E-state index contributed by atoms with van der Waals surface area (Å²) in [6, 6.07) is 10.5. The van der Waals surface area contributed by atoms with Gasteiger partial charge in [0.1, 0.15) is 11.6 Å². The highest BCUT2D eigenvalue weighted by Crippen LogP contribution is 2.31. The van der Waals surface area contributed by atoms with Crippen LogP contribution < -0.4 is 0 Å². The minimum Gasteiger partial charge on any atom is -0.459 e. The van der Waals surface area contributed by atoms with Crippen LogP contribution in [-0.2, 0) is 9.53 Å². The summed E-state index contributed by atoms with van der Waals surface area (Å²) in [6.07, 6.45) is 0.895. The molecule has 0 amide bonds. The Labute approximate surface area is 115 Å². The second-order valence-corrected chi connectivity index (χ2v) is 6.16. The lowest BCUT2D eigenvalue weighted by molar-refractivity contribution is -0.168. The van der Waals surface area contributed by atoms with Crippen molar-refractivity contribution < 1.29 is 9.53 Å². The average Bonchev–Trinajstić information content (AvgIpc) is 2.26. The number of likely N-dealkylation sites (tertiary alicyclic amines) is 1. The zero-order valence-corrected chi connectivity index (χ0v) is 12.2. The van der Waals surface area contributed by atoms with Crippen molar-refractivity contribution >= 4 is 5.97 Å². The van der Waals surface area contributed by atoms with Crippen LogP contribution in [0, 0.1) is 0 Å². The van der Waals surface area contributed by atoms with E-state index in [1.165, 1.54) is 5.56 Å². The van der Waals surface area contributed by atoms with Crippen LogP contribution in [0.4, 0.5) is 0 Å². The Morgan fingerprint density at radius 1 is 1.32 bits per heavy atom. The predicted octanol–water partition coefficient (Wildman–Crippen LogP) is 3.16. The summed E-state index contributed by atoms with van der Waals surface area (Å²) in [5.74, 6) is -0.0958. The molecule has 0 aliphatic carbocycles.